The second-order valence-electron chi connectivity index (χ2n) is 6.07. The molecule has 1 aliphatic carbocycles. The average molecular weight is 344 g/mol. The summed E-state index contributed by atoms with van der Waals surface area (Å²) in [5.41, 5.74) is 3.92. The van der Waals surface area contributed by atoms with E-state index in [2.05, 4.69) is 16.1 Å². The minimum atomic E-state index is -3.21. The fourth-order valence-electron chi connectivity index (χ4n) is 2.98. The molecule has 0 spiro atoms. The van der Waals surface area contributed by atoms with Gasteiger partial charge in [0.2, 0.25) is 15.9 Å². The molecule has 0 saturated carbocycles. The second kappa shape index (κ2) is 6.75. The van der Waals surface area contributed by atoms with E-state index in [-0.39, 0.29) is 18.4 Å². The predicted molar refractivity (Wildman–Crippen MR) is 94.3 cm³/mol. The molecule has 24 heavy (non-hydrogen) atoms. The Hall–Kier alpha value is -2.18. The quantitative estimate of drug-likeness (QED) is 0.874. The van der Waals surface area contributed by atoms with Gasteiger partial charge in [0.05, 0.1) is 12.2 Å². The van der Waals surface area contributed by atoms with Crippen LogP contribution >= 0.6 is 0 Å². The zero-order valence-corrected chi connectivity index (χ0v) is 14.3. The number of carbonyl (C=O) groups is 1. The Morgan fingerprint density at radius 2 is 1.83 bits per heavy atom. The summed E-state index contributed by atoms with van der Waals surface area (Å²) in [5.74, 6) is -0.102. The van der Waals surface area contributed by atoms with Gasteiger partial charge in [0, 0.05) is 12.2 Å². The van der Waals surface area contributed by atoms with Crippen LogP contribution < -0.4 is 10.0 Å². The van der Waals surface area contributed by atoms with Gasteiger partial charge >= 0.3 is 0 Å². The topological polar surface area (TPSA) is 75.3 Å². The third kappa shape index (κ3) is 4.01. The fraction of sp³-hybridized carbons (Fsp3) is 0.278. The van der Waals surface area contributed by atoms with Gasteiger partial charge in [0.1, 0.15) is 0 Å². The minimum absolute atomic E-state index is 0.00182. The van der Waals surface area contributed by atoms with Gasteiger partial charge in [-0.15, -0.1) is 0 Å². The van der Waals surface area contributed by atoms with Crippen molar-refractivity contribution in [2.24, 2.45) is 0 Å². The van der Waals surface area contributed by atoms with E-state index in [1.807, 2.05) is 18.2 Å². The van der Waals surface area contributed by atoms with Crippen molar-refractivity contribution in [3.63, 3.8) is 0 Å². The van der Waals surface area contributed by atoms with Crippen LogP contribution in [0.3, 0.4) is 0 Å². The summed E-state index contributed by atoms with van der Waals surface area (Å²) < 4.78 is 24.6. The lowest BCUT2D eigenvalue weighted by Gasteiger charge is -2.13. The van der Waals surface area contributed by atoms with Gasteiger partial charge < -0.3 is 5.32 Å². The third-order valence-electron chi connectivity index (χ3n) is 4.21. The molecule has 1 unspecified atom stereocenters. The van der Waals surface area contributed by atoms with Gasteiger partial charge in [-0.25, -0.2) is 13.1 Å². The molecule has 1 atom stereocenters. The fourth-order valence-corrected chi connectivity index (χ4v) is 3.41. The monoisotopic (exact) mass is 344 g/mol. The Morgan fingerprint density at radius 3 is 2.54 bits per heavy atom. The molecule has 5 nitrogen and oxygen atoms in total. The molecule has 2 aromatic carbocycles. The molecule has 0 saturated heterocycles. The summed E-state index contributed by atoms with van der Waals surface area (Å²) in [7, 11) is -3.21. The highest BCUT2D eigenvalue weighted by atomic mass is 32.2. The molecule has 0 aromatic heterocycles. The number of anilines is 1. The van der Waals surface area contributed by atoms with Gasteiger partial charge in [-0.05, 0) is 41.7 Å². The van der Waals surface area contributed by atoms with Crippen LogP contribution in [0.1, 0.15) is 29.0 Å². The molecular formula is C18H20N2O3S. The molecule has 6 heteroatoms. The number of benzene rings is 2. The van der Waals surface area contributed by atoms with Crippen molar-refractivity contribution in [3.8, 4) is 0 Å². The smallest absolute Gasteiger partial charge is 0.231 e. The molecule has 1 amide bonds. The van der Waals surface area contributed by atoms with E-state index in [1.165, 1.54) is 5.56 Å². The molecule has 0 aliphatic heterocycles. The number of fused-ring (bicyclic) bond motifs is 1. The van der Waals surface area contributed by atoms with Gasteiger partial charge in [-0.3, -0.25) is 4.79 Å². The largest absolute Gasteiger partial charge is 0.326 e. The molecule has 0 heterocycles. The molecule has 0 fully saturated rings. The van der Waals surface area contributed by atoms with Crippen LogP contribution in [0, 0.1) is 0 Å². The van der Waals surface area contributed by atoms with Crippen molar-refractivity contribution >= 4 is 21.6 Å². The van der Waals surface area contributed by atoms with E-state index in [1.54, 1.807) is 24.3 Å². The lowest BCUT2D eigenvalue weighted by molar-refractivity contribution is -0.117. The summed E-state index contributed by atoms with van der Waals surface area (Å²) in [4.78, 5) is 12.5. The van der Waals surface area contributed by atoms with Gasteiger partial charge in [-0.1, -0.05) is 36.4 Å². The normalized spacial score (nSPS) is 16.6. The number of aryl methyl sites for hydroxylation is 1. The first-order chi connectivity index (χ1) is 11.4. The molecule has 3 rings (SSSR count). The zero-order chi connectivity index (χ0) is 17.2. The number of hydrogen-bond donors (Lipinski definition) is 2. The lowest BCUT2D eigenvalue weighted by atomic mass is 10.0. The second-order valence-corrected chi connectivity index (χ2v) is 7.90. The SMILES string of the molecule is CS(=O)(=O)NCc1ccc(NC(=O)C2CCc3ccccc32)cc1. The first-order valence-electron chi connectivity index (χ1n) is 7.84. The maximum Gasteiger partial charge on any atom is 0.231 e. The standard InChI is InChI=1S/C18H20N2O3S/c1-24(22,23)19-12-13-6-9-15(10-7-13)20-18(21)17-11-8-14-4-2-3-5-16(14)17/h2-7,9-10,17,19H,8,11-12H2,1H3,(H,20,21). The van der Waals surface area contributed by atoms with Crippen LogP contribution in [0.2, 0.25) is 0 Å². The molecule has 126 valence electrons. The van der Waals surface area contributed by atoms with Gasteiger partial charge in [0.25, 0.3) is 0 Å². The van der Waals surface area contributed by atoms with E-state index < -0.39 is 10.0 Å². The Kier molecular flexibility index (Phi) is 4.69. The lowest BCUT2D eigenvalue weighted by Crippen LogP contribution is -2.21. The van der Waals surface area contributed by atoms with E-state index in [4.69, 9.17) is 0 Å². The van der Waals surface area contributed by atoms with E-state index >= 15 is 0 Å². The number of hydrogen-bond acceptors (Lipinski definition) is 3. The highest BCUT2D eigenvalue weighted by Gasteiger charge is 2.28. The van der Waals surface area contributed by atoms with Crippen molar-refractivity contribution in [2.45, 2.75) is 25.3 Å². The minimum Gasteiger partial charge on any atom is -0.326 e. The van der Waals surface area contributed by atoms with E-state index in [0.29, 0.717) is 5.69 Å². The zero-order valence-electron chi connectivity index (χ0n) is 13.5. The van der Waals surface area contributed by atoms with Crippen LogP contribution in [-0.4, -0.2) is 20.6 Å². The number of carbonyl (C=O) groups excluding carboxylic acids is 1. The molecule has 0 bridgehead atoms. The number of amides is 1. The number of nitrogens with one attached hydrogen (secondary N) is 2. The van der Waals surface area contributed by atoms with Crippen LogP contribution in [0.25, 0.3) is 0 Å². The van der Waals surface area contributed by atoms with Crippen molar-refractivity contribution in [2.75, 3.05) is 11.6 Å². The summed E-state index contributed by atoms with van der Waals surface area (Å²) in [6.07, 6.45) is 2.90. The van der Waals surface area contributed by atoms with Crippen LogP contribution in [0.15, 0.2) is 48.5 Å². The van der Waals surface area contributed by atoms with Gasteiger partial charge in [0.15, 0.2) is 0 Å². The highest BCUT2D eigenvalue weighted by Crippen LogP contribution is 2.33. The molecular weight excluding hydrogens is 324 g/mol. The number of rotatable bonds is 5. The maximum absolute atomic E-state index is 12.5. The Morgan fingerprint density at radius 1 is 1.12 bits per heavy atom. The predicted octanol–water partition coefficient (Wildman–Crippen LogP) is 2.40. The first-order valence-corrected chi connectivity index (χ1v) is 9.74. The summed E-state index contributed by atoms with van der Waals surface area (Å²) >= 11 is 0. The molecule has 1 aliphatic rings. The van der Waals surface area contributed by atoms with Crippen LogP contribution in [0.4, 0.5) is 5.69 Å². The molecule has 2 aromatic rings. The number of sulfonamides is 1. The third-order valence-corrected chi connectivity index (χ3v) is 4.88. The Balaban J connectivity index is 1.63. The summed E-state index contributed by atoms with van der Waals surface area (Å²) in [5, 5.41) is 2.95. The van der Waals surface area contributed by atoms with E-state index in [0.717, 1.165) is 30.2 Å². The first kappa shape index (κ1) is 16.7. The Bertz CT molecular complexity index is 845. The Labute approximate surface area is 142 Å². The van der Waals surface area contributed by atoms with Crippen molar-refractivity contribution in [3.05, 3.63) is 65.2 Å². The average Bonchev–Trinajstić information content (AvgIpc) is 2.97. The van der Waals surface area contributed by atoms with Gasteiger partial charge in [-0.2, -0.15) is 0 Å². The summed E-state index contributed by atoms with van der Waals surface area (Å²) in [6.45, 7) is 0.239. The van der Waals surface area contributed by atoms with Crippen molar-refractivity contribution < 1.29 is 13.2 Å². The van der Waals surface area contributed by atoms with Crippen LogP contribution in [-0.2, 0) is 27.8 Å². The summed E-state index contributed by atoms with van der Waals surface area (Å²) in [6, 6.07) is 15.2. The maximum atomic E-state index is 12.5. The highest BCUT2D eigenvalue weighted by molar-refractivity contribution is 7.88. The van der Waals surface area contributed by atoms with E-state index in [9.17, 15) is 13.2 Å². The van der Waals surface area contributed by atoms with Crippen LogP contribution in [0.5, 0.6) is 0 Å². The molecule has 2 N–H and O–H groups in total. The molecule has 0 radical (unpaired) electrons. The van der Waals surface area contributed by atoms with Crippen molar-refractivity contribution in [1.29, 1.82) is 0 Å². The van der Waals surface area contributed by atoms with Crippen molar-refractivity contribution in [1.82, 2.24) is 4.72 Å².